The normalized spacial score (nSPS) is 12.6. The lowest BCUT2D eigenvalue weighted by atomic mass is 10.1. The van der Waals surface area contributed by atoms with Crippen molar-refractivity contribution >= 4 is 5.84 Å². The zero-order chi connectivity index (χ0) is 13.1. The van der Waals surface area contributed by atoms with Crippen molar-refractivity contribution in [2.75, 3.05) is 6.61 Å². The maximum absolute atomic E-state index is 11.9. The number of oxime groups is 1. The Morgan fingerprint density at radius 3 is 2.59 bits per heavy atom. The Morgan fingerprint density at radius 2 is 2.12 bits per heavy atom. The van der Waals surface area contributed by atoms with Crippen LogP contribution < -0.4 is 10.5 Å². The summed E-state index contributed by atoms with van der Waals surface area (Å²) in [5.74, 6) is -0.00714. The van der Waals surface area contributed by atoms with E-state index < -0.39 is 12.8 Å². The fourth-order valence-electron chi connectivity index (χ4n) is 1.19. The third-order valence-electron chi connectivity index (χ3n) is 1.97. The van der Waals surface area contributed by atoms with Crippen LogP contribution in [-0.2, 0) is 0 Å². The summed E-state index contributed by atoms with van der Waals surface area (Å²) >= 11 is 0. The molecule has 0 radical (unpaired) electrons. The molecular formula is C10H11F3N2O2. The van der Waals surface area contributed by atoms with E-state index in [0.29, 0.717) is 11.1 Å². The molecule has 3 N–H and O–H groups in total. The lowest BCUT2D eigenvalue weighted by Gasteiger charge is -2.12. The minimum absolute atomic E-state index is 0.108. The van der Waals surface area contributed by atoms with Crippen LogP contribution in [0.5, 0.6) is 5.75 Å². The Labute approximate surface area is 95.5 Å². The Kier molecular flexibility index (Phi) is 3.82. The summed E-state index contributed by atoms with van der Waals surface area (Å²) in [7, 11) is 0. The molecule has 7 heteroatoms. The monoisotopic (exact) mass is 248 g/mol. The quantitative estimate of drug-likeness (QED) is 0.372. The summed E-state index contributed by atoms with van der Waals surface area (Å²) < 4.78 is 40.4. The van der Waals surface area contributed by atoms with E-state index in [-0.39, 0.29) is 11.6 Å². The first-order chi connectivity index (χ1) is 7.83. The molecule has 0 spiro atoms. The van der Waals surface area contributed by atoms with Crippen molar-refractivity contribution in [3.05, 3.63) is 29.3 Å². The highest BCUT2D eigenvalue weighted by atomic mass is 19.4. The number of nitrogens with two attached hydrogens (primary N) is 1. The van der Waals surface area contributed by atoms with Crippen LogP contribution in [-0.4, -0.2) is 23.8 Å². The van der Waals surface area contributed by atoms with Gasteiger partial charge in [0, 0.05) is 5.56 Å². The first-order valence-electron chi connectivity index (χ1n) is 4.61. The molecule has 0 unspecified atom stereocenters. The lowest BCUT2D eigenvalue weighted by molar-refractivity contribution is -0.153. The third-order valence-corrected chi connectivity index (χ3v) is 1.97. The molecule has 0 amide bonds. The molecule has 0 fully saturated rings. The number of halogens is 3. The highest BCUT2D eigenvalue weighted by molar-refractivity contribution is 5.97. The summed E-state index contributed by atoms with van der Waals surface area (Å²) in [6, 6.07) is 4.23. The van der Waals surface area contributed by atoms with Gasteiger partial charge in [-0.25, -0.2) is 0 Å². The first kappa shape index (κ1) is 13.1. The number of rotatable bonds is 3. The number of benzene rings is 1. The van der Waals surface area contributed by atoms with E-state index in [4.69, 9.17) is 10.9 Å². The number of hydrogen-bond acceptors (Lipinski definition) is 3. The molecular weight excluding hydrogens is 237 g/mol. The van der Waals surface area contributed by atoms with Gasteiger partial charge in [0.25, 0.3) is 0 Å². The van der Waals surface area contributed by atoms with Crippen molar-refractivity contribution in [1.82, 2.24) is 0 Å². The van der Waals surface area contributed by atoms with Crippen molar-refractivity contribution < 1.29 is 23.1 Å². The SMILES string of the molecule is Cc1cc(/C(N)=N/O)ccc1OCC(F)(F)F. The highest BCUT2D eigenvalue weighted by Gasteiger charge is 2.28. The predicted molar refractivity (Wildman–Crippen MR) is 55.2 cm³/mol. The van der Waals surface area contributed by atoms with Crippen molar-refractivity contribution in [2.45, 2.75) is 13.1 Å². The summed E-state index contributed by atoms with van der Waals surface area (Å²) in [6.07, 6.45) is -4.38. The fourth-order valence-corrected chi connectivity index (χ4v) is 1.19. The largest absolute Gasteiger partial charge is 0.484 e. The molecule has 4 nitrogen and oxygen atoms in total. The number of alkyl halides is 3. The molecule has 0 heterocycles. The van der Waals surface area contributed by atoms with Gasteiger partial charge < -0.3 is 15.7 Å². The molecule has 1 aromatic rings. The summed E-state index contributed by atoms with van der Waals surface area (Å²) in [4.78, 5) is 0. The smallest absolute Gasteiger partial charge is 0.422 e. The minimum atomic E-state index is -4.38. The number of amidine groups is 1. The molecule has 0 atom stereocenters. The van der Waals surface area contributed by atoms with E-state index in [0.717, 1.165) is 0 Å². The van der Waals surface area contributed by atoms with Gasteiger partial charge in [-0.1, -0.05) is 5.16 Å². The Bertz CT molecular complexity index is 430. The van der Waals surface area contributed by atoms with Crippen molar-refractivity contribution in [2.24, 2.45) is 10.9 Å². The van der Waals surface area contributed by atoms with Crippen LogP contribution in [0, 0.1) is 6.92 Å². The highest BCUT2D eigenvalue weighted by Crippen LogP contribution is 2.22. The zero-order valence-electron chi connectivity index (χ0n) is 8.95. The number of nitrogens with zero attached hydrogens (tertiary/aromatic N) is 1. The lowest BCUT2D eigenvalue weighted by Crippen LogP contribution is -2.20. The second-order valence-electron chi connectivity index (χ2n) is 3.37. The van der Waals surface area contributed by atoms with Crippen LogP contribution >= 0.6 is 0 Å². The average Bonchev–Trinajstić information content (AvgIpc) is 2.25. The van der Waals surface area contributed by atoms with E-state index in [2.05, 4.69) is 9.89 Å². The van der Waals surface area contributed by atoms with Crippen LogP contribution in [0.15, 0.2) is 23.4 Å². The number of ether oxygens (including phenoxy) is 1. The van der Waals surface area contributed by atoms with Gasteiger partial charge in [0.05, 0.1) is 0 Å². The van der Waals surface area contributed by atoms with E-state index in [1.807, 2.05) is 0 Å². The summed E-state index contributed by atoms with van der Waals surface area (Å²) in [6.45, 7) is 0.219. The maximum atomic E-state index is 11.9. The van der Waals surface area contributed by atoms with Gasteiger partial charge in [-0.15, -0.1) is 0 Å². The molecule has 1 rings (SSSR count). The number of hydrogen-bond donors (Lipinski definition) is 2. The average molecular weight is 248 g/mol. The minimum Gasteiger partial charge on any atom is -0.484 e. The molecule has 17 heavy (non-hydrogen) atoms. The Morgan fingerprint density at radius 1 is 1.47 bits per heavy atom. The predicted octanol–water partition coefficient (Wildman–Crippen LogP) is 2.03. The van der Waals surface area contributed by atoms with Gasteiger partial charge >= 0.3 is 6.18 Å². The van der Waals surface area contributed by atoms with E-state index in [1.54, 1.807) is 6.92 Å². The van der Waals surface area contributed by atoms with Gasteiger partial charge in [-0.2, -0.15) is 13.2 Å². The molecule has 0 aliphatic heterocycles. The molecule has 0 bridgehead atoms. The molecule has 1 aromatic carbocycles. The van der Waals surface area contributed by atoms with Crippen LogP contribution in [0.25, 0.3) is 0 Å². The van der Waals surface area contributed by atoms with Crippen LogP contribution in [0.2, 0.25) is 0 Å². The molecule has 0 saturated carbocycles. The molecule has 0 aliphatic carbocycles. The molecule has 94 valence electrons. The van der Waals surface area contributed by atoms with Crippen molar-refractivity contribution in [3.63, 3.8) is 0 Å². The second-order valence-corrected chi connectivity index (χ2v) is 3.37. The second kappa shape index (κ2) is 4.94. The Balaban J connectivity index is 2.84. The summed E-state index contributed by atoms with van der Waals surface area (Å²) in [5, 5.41) is 11.2. The zero-order valence-corrected chi connectivity index (χ0v) is 8.95. The molecule has 0 aromatic heterocycles. The topological polar surface area (TPSA) is 67.8 Å². The van der Waals surface area contributed by atoms with Gasteiger partial charge in [-0.05, 0) is 30.7 Å². The van der Waals surface area contributed by atoms with E-state index >= 15 is 0 Å². The van der Waals surface area contributed by atoms with Gasteiger partial charge in [-0.3, -0.25) is 0 Å². The van der Waals surface area contributed by atoms with E-state index in [9.17, 15) is 13.2 Å². The van der Waals surface area contributed by atoms with Crippen LogP contribution in [0.4, 0.5) is 13.2 Å². The van der Waals surface area contributed by atoms with Crippen molar-refractivity contribution in [3.8, 4) is 5.75 Å². The van der Waals surface area contributed by atoms with Gasteiger partial charge in [0.1, 0.15) is 5.75 Å². The van der Waals surface area contributed by atoms with Gasteiger partial charge in [0.2, 0.25) is 0 Å². The maximum Gasteiger partial charge on any atom is 0.422 e. The van der Waals surface area contributed by atoms with E-state index in [1.165, 1.54) is 18.2 Å². The third kappa shape index (κ3) is 3.86. The first-order valence-corrected chi connectivity index (χ1v) is 4.61. The molecule has 0 saturated heterocycles. The molecule has 0 aliphatic rings. The number of aryl methyl sites for hydroxylation is 1. The summed E-state index contributed by atoms with van der Waals surface area (Å²) in [5.41, 5.74) is 6.21. The fraction of sp³-hybridized carbons (Fsp3) is 0.300. The Hall–Kier alpha value is -1.92. The van der Waals surface area contributed by atoms with Gasteiger partial charge in [0.15, 0.2) is 12.4 Å². The van der Waals surface area contributed by atoms with Crippen LogP contribution in [0.3, 0.4) is 0 Å². The van der Waals surface area contributed by atoms with Crippen molar-refractivity contribution in [1.29, 1.82) is 0 Å². The standard InChI is InChI=1S/C10H11F3N2O2/c1-6-4-7(9(14)15-16)2-3-8(6)17-5-10(11,12)13/h2-4,16H,5H2,1H3,(H2,14,15). The van der Waals surface area contributed by atoms with Crippen LogP contribution in [0.1, 0.15) is 11.1 Å².